The van der Waals surface area contributed by atoms with Gasteiger partial charge in [-0.25, -0.2) is 9.13 Å². The number of rotatable bonds is 71. The highest BCUT2D eigenvalue weighted by Crippen LogP contribution is 2.45. The smallest absolute Gasteiger partial charge is 0.462 e. The van der Waals surface area contributed by atoms with E-state index in [4.69, 9.17) is 37.0 Å². The summed E-state index contributed by atoms with van der Waals surface area (Å²) in [6.45, 7) is 7.21. The van der Waals surface area contributed by atoms with Gasteiger partial charge in [-0.1, -0.05) is 317 Å². The van der Waals surface area contributed by atoms with Crippen LogP contribution in [0.5, 0.6) is 0 Å². The molecule has 2 unspecified atom stereocenters. The van der Waals surface area contributed by atoms with Crippen molar-refractivity contribution in [3.63, 3.8) is 0 Å². The molecule has 17 nitrogen and oxygen atoms in total. The van der Waals surface area contributed by atoms with E-state index in [0.29, 0.717) is 25.7 Å². The van der Waals surface area contributed by atoms with Crippen LogP contribution in [0.1, 0.15) is 369 Å². The molecule has 0 rings (SSSR count). The molecule has 0 aliphatic rings. The Bertz CT molecular complexity index is 1740. The molecule has 0 aromatic rings. The predicted octanol–water partition coefficient (Wildman–Crippen LogP) is 20.5. The number of carbonyl (C=O) groups is 4. The second-order valence-electron chi connectivity index (χ2n) is 26.1. The van der Waals surface area contributed by atoms with Crippen molar-refractivity contribution in [3.05, 3.63) is 0 Å². The van der Waals surface area contributed by atoms with Gasteiger partial charge in [-0.15, -0.1) is 0 Å². The summed E-state index contributed by atoms with van der Waals surface area (Å²) < 4.78 is 68.1. The summed E-state index contributed by atoms with van der Waals surface area (Å²) in [4.78, 5) is 72.3. The molecule has 5 atom stereocenters. The predicted molar refractivity (Wildman–Crippen MR) is 363 cm³/mol. The van der Waals surface area contributed by atoms with Crippen LogP contribution in [0, 0.1) is 5.92 Å². The number of hydrogen-bond acceptors (Lipinski definition) is 15. The fourth-order valence-electron chi connectivity index (χ4n) is 10.8. The van der Waals surface area contributed by atoms with Crippen LogP contribution in [-0.2, 0) is 65.4 Å². The zero-order valence-corrected chi connectivity index (χ0v) is 60.1. The first kappa shape index (κ1) is 88.1. The quantitative estimate of drug-likeness (QED) is 0.0222. The van der Waals surface area contributed by atoms with E-state index < -0.39 is 97.5 Å². The Morgan fingerprint density at radius 2 is 0.511 bits per heavy atom. The number of ether oxygens (including phenoxy) is 4. The molecule has 0 amide bonds. The van der Waals surface area contributed by atoms with E-state index in [1.54, 1.807) is 0 Å². The molecule has 0 aromatic heterocycles. The average Bonchev–Trinajstić information content (AvgIpc) is 3.50. The van der Waals surface area contributed by atoms with Gasteiger partial charge in [-0.3, -0.25) is 37.3 Å². The maximum absolute atomic E-state index is 13.0. The van der Waals surface area contributed by atoms with Gasteiger partial charge in [-0.05, 0) is 31.6 Å². The molecule has 0 aliphatic carbocycles. The summed E-state index contributed by atoms with van der Waals surface area (Å²) in [6, 6.07) is 0. The lowest BCUT2D eigenvalue weighted by atomic mass is 10.0. The molecular formula is C71H138O17P2. The van der Waals surface area contributed by atoms with Crippen LogP contribution in [0.3, 0.4) is 0 Å². The molecule has 19 heteroatoms. The normalized spacial score (nSPS) is 14.1. The Kier molecular flexibility index (Phi) is 63.0. The third kappa shape index (κ3) is 64.8. The van der Waals surface area contributed by atoms with Crippen molar-refractivity contribution >= 4 is 39.5 Å². The molecule has 0 aliphatic heterocycles. The molecule has 0 fully saturated rings. The van der Waals surface area contributed by atoms with Crippen LogP contribution in [-0.4, -0.2) is 96.7 Å². The summed E-state index contributed by atoms with van der Waals surface area (Å²) in [5.41, 5.74) is 0. The number of phosphoric acid groups is 2. The van der Waals surface area contributed by atoms with E-state index in [2.05, 4.69) is 34.6 Å². The van der Waals surface area contributed by atoms with Crippen molar-refractivity contribution in [2.75, 3.05) is 39.6 Å². The lowest BCUT2D eigenvalue weighted by Crippen LogP contribution is -2.30. The highest BCUT2D eigenvalue weighted by molar-refractivity contribution is 7.47. The number of unbranched alkanes of at least 4 members (excludes halogenated alkanes) is 43. The molecule has 0 radical (unpaired) electrons. The molecule has 0 saturated heterocycles. The van der Waals surface area contributed by atoms with Gasteiger partial charge >= 0.3 is 39.5 Å². The number of aliphatic hydroxyl groups is 1. The maximum Gasteiger partial charge on any atom is 0.472 e. The fraction of sp³-hybridized carbons (Fsp3) is 0.944. The molecule has 90 heavy (non-hydrogen) atoms. The number of esters is 4. The summed E-state index contributed by atoms with van der Waals surface area (Å²) in [6.07, 6.45) is 51.6. The highest BCUT2D eigenvalue weighted by Gasteiger charge is 2.30. The Hall–Kier alpha value is -1.94. The summed E-state index contributed by atoms with van der Waals surface area (Å²) >= 11 is 0. The topological polar surface area (TPSA) is 237 Å². The van der Waals surface area contributed by atoms with E-state index in [1.165, 1.54) is 173 Å². The number of phosphoric ester groups is 2. The van der Waals surface area contributed by atoms with Crippen LogP contribution in [0.4, 0.5) is 0 Å². The van der Waals surface area contributed by atoms with Gasteiger partial charge in [-0.2, -0.15) is 0 Å². The molecule has 3 N–H and O–H groups in total. The van der Waals surface area contributed by atoms with Crippen molar-refractivity contribution in [2.45, 2.75) is 387 Å². The van der Waals surface area contributed by atoms with Gasteiger partial charge in [0.25, 0.3) is 0 Å². The largest absolute Gasteiger partial charge is 0.472 e. The minimum Gasteiger partial charge on any atom is -0.462 e. The molecule has 534 valence electrons. The van der Waals surface area contributed by atoms with Gasteiger partial charge in [0.1, 0.15) is 19.3 Å². The lowest BCUT2D eigenvalue weighted by Gasteiger charge is -2.21. The first-order valence-electron chi connectivity index (χ1n) is 37.1. The van der Waals surface area contributed by atoms with Gasteiger partial charge < -0.3 is 33.8 Å². The lowest BCUT2D eigenvalue weighted by molar-refractivity contribution is -0.161. The van der Waals surface area contributed by atoms with Crippen molar-refractivity contribution in [1.82, 2.24) is 0 Å². The van der Waals surface area contributed by atoms with Crippen LogP contribution < -0.4 is 0 Å². The van der Waals surface area contributed by atoms with Gasteiger partial charge in [0.2, 0.25) is 0 Å². The molecular weight excluding hydrogens is 1190 g/mol. The highest BCUT2D eigenvalue weighted by atomic mass is 31.2. The van der Waals surface area contributed by atoms with Crippen molar-refractivity contribution in [2.24, 2.45) is 5.92 Å². The Labute approximate surface area is 549 Å². The first-order valence-corrected chi connectivity index (χ1v) is 40.1. The van der Waals surface area contributed by atoms with Crippen LogP contribution in [0.15, 0.2) is 0 Å². The molecule has 0 saturated carbocycles. The van der Waals surface area contributed by atoms with E-state index >= 15 is 0 Å². The third-order valence-corrected chi connectivity index (χ3v) is 18.4. The molecule has 0 heterocycles. The first-order chi connectivity index (χ1) is 43.5. The van der Waals surface area contributed by atoms with Crippen LogP contribution >= 0.6 is 15.6 Å². The minimum absolute atomic E-state index is 0.105. The Morgan fingerprint density at radius 1 is 0.300 bits per heavy atom. The van der Waals surface area contributed by atoms with Gasteiger partial charge in [0, 0.05) is 25.7 Å². The molecule has 0 bridgehead atoms. The van der Waals surface area contributed by atoms with Crippen molar-refractivity contribution < 1.29 is 80.2 Å². The minimum atomic E-state index is -4.95. The Morgan fingerprint density at radius 3 is 0.756 bits per heavy atom. The average molecular weight is 1330 g/mol. The maximum atomic E-state index is 13.0. The fourth-order valence-corrected chi connectivity index (χ4v) is 12.4. The monoisotopic (exact) mass is 1320 g/mol. The summed E-state index contributed by atoms with van der Waals surface area (Å²) in [5, 5.41) is 10.6. The second kappa shape index (κ2) is 64.4. The second-order valence-corrected chi connectivity index (χ2v) is 29.0. The zero-order valence-electron chi connectivity index (χ0n) is 58.3. The van der Waals surface area contributed by atoms with E-state index in [1.807, 2.05) is 0 Å². The SMILES string of the molecule is CCCCCCCCCCCCCCCCCCCC(=O)OC[C@H](COP(=O)(O)OC[C@@H](O)COP(=O)(O)OC[C@@H](COC(=O)CCCCCCCCC)OC(=O)CCCCCCCCCC)OC(=O)CCCCCCCCCCCCCCCCCC(C)C. The number of aliphatic hydroxyl groups excluding tert-OH is 1. The number of carbonyl (C=O) groups excluding carboxylic acids is 4. The van der Waals surface area contributed by atoms with E-state index in [0.717, 1.165) is 115 Å². The summed E-state index contributed by atoms with van der Waals surface area (Å²) in [7, 11) is -9.89. The van der Waals surface area contributed by atoms with Crippen LogP contribution in [0.25, 0.3) is 0 Å². The van der Waals surface area contributed by atoms with Gasteiger partial charge in [0.15, 0.2) is 12.2 Å². The third-order valence-electron chi connectivity index (χ3n) is 16.5. The molecule has 0 aromatic carbocycles. The number of hydrogen-bond donors (Lipinski definition) is 3. The van der Waals surface area contributed by atoms with E-state index in [-0.39, 0.29) is 25.7 Å². The van der Waals surface area contributed by atoms with Gasteiger partial charge in [0.05, 0.1) is 26.4 Å². The standard InChI is InChI=1S/C71H138O17P2/c1-6-9-12-15-18-20-21-22-23-24-27-30-33-36-41-45-50-55-69(74)82-61-67(88-71(76)57-52-47-42-37-34-31-28-25-26-29-32-35-39-43-48-53-64(4)5)63-86-90(79,80)84-59-65(72)58-83-89(77,78)85-62-66(60-81-68(73)54-49-44-38-17-14-11-8-3)87-70(75)56-51-46-40-19-16-13-10-7-2/h64-67,72H,6-63H2,1-5H3,(H,77,78)(H,79,80)/t65-,66+,67+/m0/s1. The Balaban J connectivity index is 5.15. The van der Waals surface area contributed by atoms with Crippen LogP contribution in [0.2, 0.25) is 0 Å². The van der Waals surface area contributed by atoms with Crippen molar-refractivity contribution in [1.29, 1.82) is 0 Å². The summed E-state index contributed by atoms with van der Waals surface area (Å²) in [5.74, 6) is -1.33. The zero-order chi connectivity index (χ0) is 66.3. The van der Waals surface area contributed by atoms with E-state index in [9.17, 15) is 43.2 Å². The van der Waals surface area contributed by atoms with Crippen molar-refractivity contribution in [3.8, 4) is 0 Å². The molecule has 0 spiro atoms.